The molecule has 0 radical (unpaired) electrons. The van der Waals surface area contributed by atoms with Crippen molar-refractivity contribution in [1.29, 1.82) is 0 Å². The smallest absolute Gasteiger partial charge is 0.251 e. The monoisotopic (exact) mass is 388 g/mol. The third kappa shape index (κ3) is 3.99. The summed E-state index contributed by atoms with van der Waals surface area (Å²) in [5.74, 6) is 0.801. The Kier molecular flexibility index (Phi) is 5.53. The number of guanidine groups is 1. The Labute approximate surface area is 165 Å². The van der Waals surface area contributed by atoms with E-state index in [0.717, 1.165) is 56.8 Å². The number of benzene rings is 1. The van der Waals surface area contributed by atoms with Crippen molar-refractivity contribution in [3.8, 4) is 0 Å². The predicted octanol–water partition coefficient (Wildman–Crippen LogP) is 1.76. The minimum atomic E-state index is -0.245. The average molecular weight is 388 g/mol. The van der Waals surface area contributed by atoms with Crippen molar-refractivity contribution in [3.05, 3.63) is 35.6 Å². The van der Waals surface area contributed by atoms with Crippen molar-refractivity contribution in [1.82, 2.24) is 15.1 Å². The molecule has 0 spiro atoms. The molecule has 1 aliphatic carbocycles. The fourth-order valence-electron chi connectivity index (χ4n) is 4.23. The molecule has 0 aromatic heterocycles. The van der Waals surface area contributed by atoms with Gasteiger partial charge in [-0.15, -0.1) is 0 Å². The molecule has 1 N–H and O–H groups in total. The predicted molar refractivity (Wildman–Crippen MR) is 106 cm³/mol. The van der Waals surface area contributed by atoms with Crippen LogP contribution in [0.3, 0.4) is 0 Å². The third-order valence-electron chi connectivity index (χ3n) is 6.18. The topological polar surface area (TPSA) is 57.2 Å². The first-order valence-corrected chi connectivity index (χ1v) is 10.2. The van der Waals surface area contributed by atoms with Crippen LogP contribution in [0, 0.1) is 5.82 Å². The van der Waals surface area contributed by atoms with Gasteiger partial charge in [-0.3, -0.25) is 9.79 Å². The van der Waals surface area contributed by atoms with Crippen molar-refractivity contribution in [2.24, 2.45) is 4.99 Å². The van der Waals surface area contributed by atoms with Crippen LogP contribution in [0.25, 0.3) is 0 Å². The fourth-order valence-corrected chi connectivity index (χ4v) is 4.23. The van der Waals surface area contributed by atoms with Crippen molar-refractivity contribution < 1.29 is 13.9 Å². The summed E-state index contributed by atoms with van der Waals surface area (Å²) in [6, 6.07) is 6.93. The van der Waals surface area contributed by atoms with Crippen molar-refractivity contribution in [2.75, 3.05) is 46.4 Å². The van der Waals surface area contributed by atoms with E-state index in [-0.39, 0.29) is 23.2 Å². The molecule has 1 saturated carbocycles. The van der Waals surface area contributed by atoms with Crippen LogP contribution in [0.5, 0.6) is 0 Å². The van der Waals surface area contributed by atoms with Gasteiger partial charge >= 0.3 is 0 Å². The molecule has 1 unspecified atom stereocenters. The Morgan fingerprint density at radius 3 is 2.64 bits per heavy atom. The molecule has 2 saturated heterocycles. The Morgan fingerprint density at radius 1 is 1.29 bits per heavy atom. The highest BCUT2D eigenvalue weighted by atomic mass is 19.1. The highest BCUT2D eigenvalue weighted by Crippen LogP contribution is 2.47. The van der Waals surface area contributed by atoms with Gasteiger partial charge in [0.1, 0.15) is 11.9 Å². The number of carbonyl (C=O) groups is 1. The first kappa shape index (κ1) is 19.2. The van der Waals surface area contributed by atoms with E-state index in [1.54, 1.807) is 19.2 Å². The van der Waals surface area contributed by atoms with Gasteiger partial charge in [0.15, 0.2) is 5.96 Å². The highest BCUT2D eigenvalue weighted by Gasteiger charge is 2.44. The lowest BCUT2D eigenvalue weighted by molar-refractivity contribution is -0.142. The van der Waals surface area contributed by atoms with Crippen LogP contribution in [0.4, 0.5) is 4.39 Å². The van der Waals surface area contributed by atoms with Gasteiger partial charge in [0, 0.05) is 51.8 Å². The Bertz CT molecular complexity index is 736. The van der Waals surface area contributed by atoms with Crippen molar-refractivity contribution in [2.45, 2.75) is 37.2 Å². The number of nitrogens with zero attached hydrogens (tertiary/aromatic N) is 3. The minimum absolute atomic E-state index is 0.00956. The summed E-state index contributed by atoms with van der Waals surface area (Å²) in [5.41, 5.74) is 1.07. The summed E-state index contributed by atoms with van der Waals surface area (Å²) in [4.78, 5) is 21.0. The molecule has 152 valence electrons. The Morgan fingerprint density at radius 2 is 2.04 bits per heavy atom. The summed E-state index contributed by atoms with van der Waals surface area (Å²) < 4.78 is 19.1. The maximum atomic E-state index is 13.6. The zero-order valence-electron chi connectivity index (χ0n) is 16.5. The molecule has 1 aromatic rings. The molecular formula is C21H29FN4O2. The Hall–Kier alpha value is -2.15. The number of ether oxygens (including phenoxy) is 1. The van der Waals surface area contributed by atoms with Crippen LogP contribution < -0.4 is 5.32 Å². The van der Waals surface area contributed by atoms with Gasteiger partial charge in [-0.25, -0.2) is 4.39 Å². The molecule has 7 heteroatoms. The summed E-state index contributed by atoms with van der Waals surface area (Å²) >= 11 is 0. The minimum Gasteiger partial charge on any atom is -0.368 e. The standard InChI is InChI=1S/C21H29FN4O2/c1-23-20(24-15-21(7-8-21)16-4-2-5-17(22)14-16)26-11-9-25(10-12-26)19(27)18-6-3-13-28-18/h2,4-5,14,18H,3,6-13,15H2,1H3,(H,23,24). The third-order valence-corrected chi connectivity index (χ3v) is 6.18. The number of piperazine rings is 1. The first-order valence-electron chi connectivity index (χ1n) is 10.2. The molecule has 0 bridgehead atoms. The maximum absolute atomic E-state index is 13.6. The molecule has 3 fully saturated rings. The van der Waals surface area contributed by atoms with Gasteiger partial charge in [0.05, 0.1) is 0 Å². The first-order chi connectivity index (χ1) is 13.6. The van der Waals surface area contributed by atoms with Crippen molar-refractivity contribution in [3.63, 3.8) is 0 Å². The van der Waals surface area contributed by atoms with Crippen LogP contribution in [-0.2, 0) is 14.9 Å². The number of nitrogens with one attached hydrogen (secondary N) is 1. The van der Waals surface area contributed by atoms with E-state index in [0.29, 0.717) is 19.7 Å². The number of carbonyl (C=O) groups excluding carboxylic acids is 1. The lowest BCUT2D eigenvalue weighted by atomic mass is 9.96. The van der Waals surface area contributed by atoms with E-state index in [1.807, 2.05) is 11.0 Å². The normalized spacial score (nSPS) is 24.4. The number of hydrogen-bond donors (Lipinski definition) is 1. The average Bonchev–Trinajstić information content (AvgIpc) is 3.31. The number of aliphatic imine (C=N–C) groups is 1. The number of hydrogen-bond acceptors (Lipinski definition) is 3. The molecule has 28 heavy (non-hydrogen) atoms. The molecular weight excluding hydrogens is 359 g/mol. The van der Waals surface area contributed by atoms with Gasteiger partial charge in [0.25, 0.3) is 5.91 Å². The van der Waals surface area contributed by atoms with E-state index < -0.39 is 0 Å². The van der Waals surface area contributed by atoms with E-state index in [9.17, 15) is 9.18 Å². The quantitative estimate of drug-likeness (QED) is 0.631. The second-order valence-electron chi connectivity index (χ2n) is 8.01. The van der Waals surface area contributed by atoms with E-state index in [4.69, 9.17) is 4.74 Å². The van der Waals surface area contributed by atoms with E-state index in [2.05, 4.69) is 15.2 Å². The lowest BCUT2D eigenvalue weighted by Crippen LogP contribution is -2.55. The molecule has 2 aliphatic heterocycles. The highest BCUT2D eigenvalue weighted by molar-refractivity contribution is 5.83. The van der Waals surface area contributed by atoms with E-state index in [1.165, 1.54) is 6.07 Å². The maximum Gasteiger partial charge on any atom is 0.251 e. The van der Waals surface area contributed by atoms with Crippen LogP contribution >= 0.6 is 0 Å². The SMILES string of the molecule is CN=C(NCC1(c2cccc(F)c2)CC1)N1CCN(C(=O)C2CCCO2)CC1. The fraction of sp³-hybridized carbons (Fsp3) is 0.619. The zero-order chi connectivity index (χ0) is 19.6. The summed E-state index contributed by atoms with van der Waals surface area (Å²) in [7, 11) is 1.79. The summed E-state index contributed by atoms with van der Waals surface area (Å²) in [5, 5.41) is 3.48. The zero-order valence-corrected chi connectivity index (χ0v) is 16.5. The van der Waals surface area contributed by atoms with Gasteiger partial charge < -0.3 is 19.9 Å². The largest absolute Gasteiger partial charge is 0.368 e. The summed E-state index contributed by atoms with van der Waals surface area (Å²) in [6.07, 6.45) is 3.68. The van der Waals surface area contributed by atoms with Gasteiger partial charge in [-0.1, -0.05) is 12.1 Å². The molecule has 6 nitrogen and oxygen atoms in total. The lowest BCUT2D eigenvalue weighted by Gasteiger charge is -2.37. The summed E-state index contributed by atoms with van der Waals surface area (Å²) in [6.45, 7) is 4.33. The van der Waals surface area contributed by atoms with Gasteiger partial charge in [0.2, 0.25) is 0 Å². The number of rotatable bonds is 4. The molecule has 1 atom stereocenters. The van der Waals surface area contributed by atoms with Crippen LogP contribution in [-0.4, -0.2) is 74.1 Å². The number of amides is 1. The second-order valence-corrected chi connectivity index (χ2v) is 8.01. The molecule has 4 rings (SSSR count). The second kappa shape index (κ2) is 8.07. The molecule has 2 heterocycles. The van der Waals surface area contributed by atoms with E-state index >= 15 is 0 Å². The van der Waals surface area contributed by atoms with Crippen LogP contribution in [0.15, 0.2) is 29.3 Å². The molecule has 1 amide bonds. The van der Waals surface area contributed by atoms with Crippen molar-refractivity contribution >= 4 is 11.9 Å². The number of halogens is 1. The molecule has 1 aromatic carbocycles. The van der Waals surface area contributed by atoms with Gasteiger partial charge in [-0.05, 0) is 43.4 Å². The van der Waals surface area contributed by atoms with Crippen LogP contribution in [0.1, 0.15) is 31.2 Å². The molecule has 3 aliphatic rings. The van der Waals surface area contributed by atoms with Crippen LogP contribution in [0.2, 0.25) is 0 Å². The Balaban J connectivity index is 1.30. The van der Waals surface area contributed by atoms with Gasteiger partial charge in [-0.2, -0.15) is 0 Å².